The maximum atomic E-state index is 5.68. The first-order valence-electron chi connectivity index (χ1n) is 19.4. The van der Waals surface area contributed by atoms with Crippen molar-refractivity contribution in [1.82, 2.24) is 0 Å². The molecular weight excluding hydrogens is 552 g/mol. The molecule has 266 valence electrons. The average molecular weight is 631 g/mol. The summed E-state index contributed by atoms with van der Waals surface area (Å²) in [5.41, 5.74) is 0. The van der Waals surface area contributed by atoms with Crippen LogP contribution in [-0.2, 0) is 28.4 Å². The summed E-state index contributed by atoms with van der Waals surface area (Å²) >= 11 is 0. The standard InChI is InChI=1S/C38H78O6/c1-3-5-7-9-11-13-15-17-19-21-23-25-27-39-29-31-41-33-35-43-37-38-44-36-34-42-32-30-40-28-26-24-22-20-18-16-14-12-10-8-6-4-2/h3-38H2,1-2H3. The van der Waals surface area contributed by atoms with Crippen LogP contribution in [-0.4, -0.2) is 79.3 Å². The second-order valence-electron chi connectivity index (χ2n) is 12.5. The van der Waals surface area contributed by atoms with Gasteiger partial charge in [0.1, 0.15) is 0 Å². The van der Waals surface area contributed by atoms with Crippen molar-refractivity contribution >= 4 is 0 Å². The molecule has 0 fully saturated rings. The molecule has 0 saturated carbocycles. The van der Waals surface area contributed by atoms with Crippen LogP contribution >= 0.6 is 0 Å². The van der Waals surface area contributed by atoms with E-state index in [-0.39, 0.29) is 0 Å². The summed E-state index contributed by atoms with van der Waals surface area (Å²) in [6.45, 7) is 12.4. The highest BCUT2D eigenvalue weighted by Gasteiger charge is 1.97. The van der Waals surface area contributed by atoms with Crippen molar-refractivity contribution in [3.8, 4) is 0 Å². The summed E-state index contributed by atoms with van der Waals surface area (Å²) in [4.78, 5) is 0. The minimum absolute atomic E-state index is 0.584. The molecule has 0 rings (SSSR count). The molecule has 0 heterocycles. The van der Waals surface area contributed by atoms with Crippen molar-refractivity contribution in [3.63, 3.8) is 0 Å². The largest absolute Gasteiger partial charge is 0.379 e. The lowest BCUT2D eigenvalue weighted by atomic mass is 10.1. The van der Waals surface area contributed by atoms with Gasteiger partial charge in [0.15, 0.2) is 0 Å². The maximum absolute atomic E-state index is 5.68. The zero-order valence-electron chi connectivity index (χ0n) is 29.9. The van der Waals surface area contributed by atoms with E-state index < -0.39 is 0 Å². The van der Waals surface area contributed by atoms with Crippen LogP contribution in [0.15, 0.2) is 0 Å². The van der Waals surface area contributed by atoms with Crippen molar-refractivity contribution in [1.29, 1.82) is 0 Å². The van der Waals surface area contributed by atoms with Crippen LogP contribution in [0, 0.1) is 0 Å². The van der Waals surface area contributed by atoms with Crippen LogP contribution in [0.3, 0.4) is 0 Å². The molecule has 6 nitrogen and oxygen atoms in total. The van der Waals surface area contributed by atoms with E-state index in [1.165, 1.54) is 154 Å². The lowest BCUT2D eigenvalue weighted by Crippen LogP contribution is -2.14. The summed E-state index contributed by atoms with van der Waals surface area (Å²) in [7, 11) is 0. The Morgan fingerprint density at radius 3 is 0.545 bits per heavy atom. The summed E-state index contributed by atoms with van der Waals surface area (Å²) in [5, 5.41) is 0. The van der Waals surface area contributed by atoms with Crippen LogP contribution in [0.25, 0.3) is 0 Å². The van der Waals surface area contributed by atoms with Gasteiger partial charge in [0.05, 0.1) is 66.1 Å². The van der Waals surface area contributed by atoms with Gasteiger partial charge in [-0.05, 0) is 12.8 Å². The van der Waals surface area contributed by atoms with Crippen LogP contribution in [0.1, 0.15) is 168 Å². The Labute approximate surface area is 275 Å². The fourth-order valence-electron chi connectivity index (χ4n) is 5.29. The highest BCUT2D eigenvalue weighted by atomic mass is 16.6. The van der Waals surface area contributed by atoms with Gasteiger partial charge in [0.25, 0.3) is 0 Å². The molecule has 0 radical (unpaired) electrons. The van der Waals surface area contributed by atoms with E-state index in [9.17, 15) is 0 Å². The molecule has 0 saturated heterocycles. The van der Waals surface area contributed by atoms with Crippen LogP contribution in [0.4, 0.5) is 0 Å². The van der Waals surface area contributed by atoms with Crippen LogP contribution in [0.2, 0.25) is 0 Å². The second kappa shape index (κ2) is 42.8. The molecule has 0 aromatic heterocycles. The minimum Gasteiger partial charge on any atom is -0.379 e. The van der Waals surface area contributed by atoms with Crippen LogP contribution < -0.4 is 0 Å². The molecule has 0 aliphatic rings. The molecule has 0 N–H and O–H groups in total. The van der Waals surface area contributed by atoms with Gasteiger partial charge in [-0.15, -0.1) is 0 Å². The van der Waals surface area contributed by atoms with Crippen molar-refractivity contribution in [2.75, 3.05) is 79.3 Å². The van der Waals surface area contributed by atoms with E-state index in [0.717, 1.165) is 13.2 Å². The van der Waals surface area contributed by atoms with Crippen molar-refractivity contribution < 1.29 is 28.4 Å². The lowest BCUT2D eigenvalue weighted by Gasteiger charge is -2.08. The highest BCUT2D eigenvalue weighted by Crippen LogP contribution is 2.13. The Hall–Kier alpha value is -0.240. The lowest BCUT2D eigenvalue weighted by molar-refractivity contribution is -0.0169. The first-order valence-corrected chi connectivity index (χ1v) is 19.4. The van der Waals surface area contributed by atoms with E-state index in [4.69, 9.17) is 28.4 Å². The van der Waals surface area contributed by atoms with Crippen molar-refractivity contribution in [2.45, 2.75) is 168 Å². The van der Waals surface area contributed by atoms with Gasteiger partial charge in [-0.3, -0.25) is 0 Å². The van der Waals surface area contributed by atoms with Gasteiger partial charge in [-0.2, -0.15) is 0 Å². The molecule has 0 atom stereocenters. The SMILES string of the molecule is CCCCCCCCCCCCCCOCCOCCOCCOCCOCCOCCCCCCCCCCCCCC. The monoisotopic (exact) mass is 631 g/mol. The van der Waals surface area contributed by atoms with Gasteiger partial charge in [-0.25, -0.2) is 0 Å². The predicted molar refractivity (Wildman–Crippen MR) is 187 cm³/mol. The van der Waals surface area contributed by atoms with E-state index in [1.54, 1.807) is 0 Å². The number of ether oxygens (including phenoxy) is 6. The fourth-order valence-corrected chi connectivity index (χ4v) is 5.29. The Bertz CT molecular complexity index is 436. The van der Waals surface area contributed by atoms with Gasteiger partial charge in [0, 0.05) is 13.2 Å². The zero-order chi connectivity index (χ0) is 31.7. The average Bonchev–Trinajstić information content (AvgIpc) is 3.04. The summed E-state index contributed by atoms with van der Waals surface area (Å²) < 4.78 is 33.6. The highest BCUT2D eigenvalue weighted by molar-refractivity contribution is 4.50. The fraction of sp³-hybridized carbons (Fsp3) is 1.00. The quantitative estimate of drug-likeness (QED) is 0.0627. The van der Waals surface area contributed by atoms with E-state index in [0.29, 0.717) is 66.1 Å². The third-order valence-corrected chi connectivity index (χ3v) is 8.14. The summed E-state index contributed by atoms with van der Waals surface area (Å²) in [6.07, 6.45) is 32.9. The van der Waals surface area contributed by atoms with Gasteiger partial charge in [0.2, 0.25) is 0 Å². The Morgan fingerprint density at radius 2 is 0.341 bits per heavy atom. The first kappa shape index (κ1) is 43.8. The van der Waals surface area contributed by atoms with Crippen molar-refractivity contribution in [2.24, 2.45) is 0 Å². The maximum Gasteiger partial charge on any atom is 0.0701 e. The molecule has 0 aliphatic carbocycles. The van der Waals surface area contributed by atoms with Gasteiger partial charge < -0.3 is 28.4 Å². The molecule has 0 aromatic carbocycles. The van der Waals surface area contributed by atoms with E-state index in [1.807, 2.05) is 0 Å². The van der Waals surface area contributed by atoms with Crippen LogP contribution in [0.5, 0.6) is 0 Å². The third-order valence-electron chi connectivity index (χ3n) is 8.14. The molecule has 0 aromatic rings. The molecule has 6 heteroatoms. The van der Waals surface area contributed by atoms with Gasteiger partial charge in [-0.1, -0.05) is 155 Å². The molecule has 44 heavy (non-hydrogen) atoms. The third kappa shape index (κ3) is 41.8. The van der Waals surface area contributed by atoms with Crippen molar-refractivity contribution in [3.05, 3.63) is 0 Å². The normalized spacial score (nSPS) is 11.6. The summed E-state index contributed by atoms with van der Waals surface area (Å²) in [5.74, 6) is 0. The molecular formula is C38H78O6. The van der Waals surface area contributed by atoms with Gasteiger partial charge >= 0.3 is 0 Å². The number of rotatable bonds is 41. The topological polar surface area (TPSA) is 55.4 Å². The number of hydrogen-bond acceptors (Lipinski definition) is 6. The molecule has 0 aliphatic heterocycles. The second-order valence-corrected chi connectivity index (χ2v) is 12.5. The molecule has 0 unspecified atom stereocenters. The summed E-state index contributed by atoms with van der Waals surface area (Å²) in [6, 6.07) is 0. The van der Waals surface area contributed by atoms with E-state index >= 15 is 0 Å². The zero-order valence-corrected chi connectivity index (χ0v) is 29.9. The minimum atomic E-state index is 0.584. The first-order chi connectivity index (χ1) is 21.9. The Kier molecular flexibility index (Phi) is 42.5. The molecule has 0 amide bonds. The Morgan fingerprint density at radius 1 is 0.182 bits per heavy atom. The smallest absolute Gasteiger partial charge is 0.0701 e. The Balaban J connectivity index is 3.03. The number of hydrogen-bond donors (Lipinski definition) is 0. The van der Waals surface area contributed by atoms with E-state index in [2.05, 4.69) is 13.8 Å². The molecule has 0 bridgehead atoms. The number of unbranched alkanes of at least 4 members (excludes halogenated alkanes) is 22. The molecule has 0 spiro atoms. The predicted octanol–water partition coefficient (Wildman–Crippen LogP) is 10.5.